The molecular formula is C16H25N3. The maximum Gasteiger partial charge on any atom is 0.0314 e. The summed E-state index contributed by atoms with van der Waals surface area (Å²) in [5.41, 5.74) is 7.99. The summed E-state index contributed by atoms with van der Waals surface area (Å²) in [6.07, 6.45) is 4.18. The van der Waals surface area contributed by atoms with Crippen LogP contribution in [0.1, 0.15) is 31.7 Å². The van der Waals surface area contributed by atoms with Crippen LogP contribution in [0.3, 0.4) is 0 Å². The summed E-state index contributed by atoms with van der Waals surface area (Å²) in [4.78, 5) is 5.34. The molecule has 3 nitrogen and oxygen atoms in total. The van der Waals surface area contributed by atoms with Crippen molar-refractivity contribution in [3.05, 3.63) is 29.8 Å². The van der Waals surface area contributed by atoms with Crippen molar-refractivity contribution >= 4 is 5.69 Å². The van der Waals surface area contributed by atoms with Crippen LogP contribution in [-0.4, -0.2) is 41.5 Å². The molecule has 0 bridgehead atoms. The standard InChI is InChI=1S/C16H25N3/c1-13-10-18-9-3-2-4-16(18)12-19(13)11-14-5-7-15(17)8-6-14/h5-8,13,16H,2-4,9-12,17H2,1H3. The highest BCUT2D eigenvalue weighted by Gasteiger charge is 2.32. The number of benzene rings is 1. The number of piperidine rings is 1. The maximum absolute atomic E-state index is 5.75. The number of hydrogen-bond acceptors (Lipinski definition) is 3. The van der Waals surface area contributed by atoms with Gasteiger partial charge < -0.3 is 5.73 Å². The fourth-order valence-corrected chi connectivity index (χ4v) is 3.49. The number of anilines is 1. The monoisotopic (exact) mass is 259 g/mol. The van der Waals surface area contributed by atoms with Crippen molar-refractivity contribution in [3.63, 3.8) is 0 Å². The van der Waals surface area contributed by atoms with Gasteiger partial charge in [-0.1, -0.05) is 18.6 Å². The number of nitrogen functional groups attached to an aromatic ring is 1. The highest BCUT2D eigenvalue weighted by Crippen LogP contribution is 2.25. The van der Waals surface area contributed by atoms with Crippen molar-refractivity contribution in [3.8, 4) is 0 Å². The number of piperazine rings is 1. The van der Waals surface area contributed by atoms with E-state index in [1.807, 2.05) is 12.1 Å². The summed E-state index contributed by atoms with van der Waals surface area (Å²) in [6, 6.07) is 9.80. The molecule has 2 aliphatic rings. The number of nitrogens with zero attached hydrogens (tertiary/aromatic N) is 2. The SMILES string of the molecule is CC1CN2CCCCC2CN1Cc1ccc(N)cc1. The van der Waals surface area contributed by atoms with Crippen molar-refractivity contribution < 1.29 is 0 Å². The lowest BCUT2D eigenvalue weighted by Gasteiger charge is -2.47. The highest BCUT2D eigenvalue weighted by atomic mass is 15.3. The Balaban J connectivity index is 1.65. The van der Waals surface area contributed by atoms with Gasteiger partial charge in [-0.25, -0.2) is 0 Å². The molecule has 2 fully saturated rings. The maximum atomic E-state index is 5.75. The van der Waals surface area contributed by atoms with Gasteiger partial charge in [0.05, 0.1) is 0 Å². The van der Waals surface area contributed by atoms with Crippen LogP contribution < -0.4 is 5.73 Å². The van der Waals surface area contributed by atoms with E-state index in [0.717, 1.165) is 18.3 Å². The van der Waals surface area contributed by atoms with E-state index in [1.165, 1.54) is 44.5 Å². The minimum Gasteiger partial charge on any atom is -0.399 e. The van der Waals surface area contributed by atoms with Crippen molar-refractivity contribution in [1.29, 1.82) is 0 Å². The van der Waals surface area contributed by atoms with Gasteiger partial charge in [-0.15, -0.1) is 0 Å². The fraction of sp³-hybridized carbons (Fsp3) is 0.625. The highest BCUT2D eigenvalue weighted by molar-refractivity contribution is 5.39. The van der Waals surface area contributed by atoms with Crippen LogP contribution >= 0.6 is 0 Å². The van der Waals surface area contributed by atoms with Crippen LogP contribution in [0.25, 0.3) is 0 Å². The van der Waals surface area contributed by atoms with E-state index in [0.29, 0.717) is 6.04 Å². The summed E-state index contributed by atoms with van der Waals surface area (Å²) in [5.74, 6) is 0. The molecule has 2 aliphatic heterocycles. The Hall–Kier alpha value is -1.06. The zero-order valence-corrected chi connectivity index (χ0v) is 11.9. The van der Waals surface area contributed by atoms with Crippen molar-refractivity contribution in [1.82, 2.24) is 9.80 Å². The summed E-state index contributed by atoms with van der Waals surface area (Å²) in [6.45, 7) is 7.20. The van der Waals surface area contributed by atoms with Gasteiger partial charge in [-0.3, -0.25) is 9.80 Å². The molecule has 0 aliphatic carbocycles. The Morgan fingerprint density at radius 2 is 1.95 bits per heavy atom. The third-order valence-electron chi connectivity index (χ3n) is 4.68. The molecule has 1 aromatic carbocycles. The Morgan fingerprint density at radius 3 is 2.74 bits per heavy atom. The fourth-order valence-electron chi connectivity index (χ4n) is 3.49. The van der Waals surface area contributed by atoms with Crippen LogP contribution in [0.15, 0.2) is 24.3 Å². The number of hydrogen-bond donors (Lipinski definition) is 1. The molecule has 3 rings (SSSR count). The van der Waals surface area contributed by atoms with Crippen LogP contribution in [-0.2, 0) is 6.54 Å². The second-order valence-corrected chi connectivity index (χ2v) is 6.16. The largest absolute Gasteiger partial charge is 0.399 e. The predicted octanol–water partition coefficient (Wildman–Crippen LogP) is 2.33. The Bertz CT molecular complexity index is 415. The first kappa shape index (κ1) is 12.9. The molecule has 2 unspecified atom stereocenters. The number of nitrogens with two attached hydrogens (primary N) is 1. The summed E-state index contributed by atoms with van der Waals surface area (Å²) < 4.78 is 0. The molecular weight excluding hydrogens is 234 g/mol. The van der Waals surface area contributed by atoms with Gasteiger partial charge in [0.2, 0.25) is 0 Å². The topological polar surface area (TPSA) is 32.5 Å². The first-order valence-electron chi connectivity index (χ1n) is 7.55. The lowest BCUT2D eigenvalue weighted by molar-refractivity contribution is 0.0111. The molecule has 104 valence electrons. The zero-order chi connectivity index (χ0) is 13.2. The third kappa shape index (κ3) is 2.93. The Labute approximate surface area is 116 Å². The molecule has 0 saturated carbocycles. The quantitative estimate of drug-likeness (QED) is 0.827. The lowest BCUT2D eigenvalue weighted by atomic mass is 9.97. The summed E-state index contributed by atoms with van der Waals surface area (Å²) >= 11 is 0. The predicted molar refractivity (Wildman–Crippen MR) is 79.9 cm³/mol. The number of fused-ring (bicyclic) bond motifs is 1. The van der Waals surface area contributed by atoms with Crippen LogP contribution in [0.5, 0.6) is 0 Å². The molecule has 19 heavy (non-hydrogen) atoms. The van der Waals surface area contributed by atoms with Gasteiger partial charge in [-0.05, 0) is 44.0 Å². The van der Waals surface area contributed by atoms with Crippen LogP contribution in [0, 0.1) is 0 Å². The smallest absolute Gasteiger partial charge is 0.0314 e. The van der Waals surface area contributed by atoms with E-state index in [9.17, 15) is 0 Å². The third-order valence-corrected chi connectivity index (χ3v) is 4.68. The molecule has 0 spiro atoms. The van der Waals surface area contributed by atoms with Crippen molar-refractivity contribution in [2.75, 3.05) is 25.4 Å². The van der Waals surface area contributed by atoms with E-state index < -0.39 is 0 Å². The first-order chi connectivity index (χ1) is 9.22. The first-order valence-corrected chi connectivity index (χ1v) is 7.55. The van der Waals surface area contributed by atoms with E-state index >= 15 is 0 Å². The molecule has 2 N–H and O–H groups in total. The molecule has 0 radical (unpaired) electrons. The van der Waals surface area contributed by atoms with Crippen LogP contribution in [0.4, 0.5) is 5.69 Å². The van der Waals surface area contributed by atoms with Crippen molar-refractivity contribution in [2.45, 2.75) is 44.8 Å². The zero-order valence-electron chi connectivity index (χ0n) is 11.9. The van der Waals surface area contributed by atoms with Crippen LogP contribution in [0.2, 0.25) is 0 Å². The van der Waals surface area contributed by atoms with E-state index in [1.54, 1.807) is 0 Å². The average Bonchev–Trinajstić information content (AvgIpc) is 2.42. The molecule has 2 heterocycles. The Morgan fingerprint density at radius 1 is 1.16 bits per heavy atom. The summed E-state index contributed by atoms with van der Waals surface area (Å²) in [5, 5.41) is 0. The Kier molecular flexibility index (Phi) is 3.76. The second-order valence-electron chi connectivity index (χ2n) is 6.16. The molecule has 0 amide bonds. The lowest BCUT2D eigenvalue weighted by Crippen LogP contribution is -2.58. The van der Waals surface area contributed by atoms with Gasteiger partial charge in [0, 0.05) is 37.4 Å². The molecule has 2 atom stereocenters. The van der Waals surface area contributed by atoms with E-state index in [2.05, 4.69) is 28.9 Å². The molecule has 0 aromatic heterocycles. The second kappa shape index (κ2) is 5.51. The van der Waals surface area contributed by atoms with Gasteiger partial charge in [-0.2, -0.15) is 0 Å². The minimum absolute atomic E-state index is 0.659. The number of rotatable bonds is 2. The van der Waals surface area contributed by atoms with E-state index in [4.69, 9.17) is 5.73 Å². The minimum atomic E-state index is 0.659. The van der Waals surface area contributed by atoms with Crippen molar-refractivity contribution in [2.24, 2.45) is 0 Å². The molecule has 1 aromatic rings. The normalized spacial score (nSPS) is 29.1. The summed E-state index contributed by atoms with van der Waals surface area (Å²) in [7, 11) is 0. The van der Waals surface area contributed by atoms with Gasteiger partial charge in [0.15, 0.2) is 0 Å². The molecule has 2 saturated heterocycles. The van der Waals surface area contributed by atoms with Gasteiger partial charge in [0.1, 0.15) is 0 Å². The van der Waals surface area contributed by atoms with E-state index in [-0.39, 0.29) is 0 Å². The molecule has 3 heteroatoms. The average molecular weight is 259 g/mol. The van der Waals surface area contributed by atoms with Gasteiger partial charge in [0.25, 0.3) is 0 Å². The van der Waals surface area contributed by atoms with Gasteiger partial charge >= 0.3 is 0 Å².